The monoisotopic (exact) mass is 196 g/mol. The largest absolute Gasteiger partial charge is 0.341 e. The second-order valence-electron chi connectivity index (χ2n) is 4.47. The van der Waals surface area contributed by atoms with Gasteiger partial charge in [-0.1, -0.05) is 13.3 Å². The molecule has 2 saturated heterocycles. The summed E-state index contributed by atoms with van der Waals surface area (Å²) in [6, 6.07) is 0.146. The van der Waals surface area contributed by atoms with Gasteiger partial charge in [-0.2, -0.15) is 0 Å². The Morgan fingerprint density at radius 3 is 2.43 bits per heavy atom. The number of likely N-dealkylation sites (tertiary alicyclic amines) is 1. The van der Waals surface area contributed by atoms with Crippen LogP contribution in [0.3, 0.4) is 0 Å². The van der Waals surface area contributed by atoms with Gasteiger partial charge in [0.1, 0.15) is 0 Å². The van der Waals surface area contributed by atoms with E-state index in [1.165, 1.54) is 19.3 Å². The van der Waals surface area contributed by atoms with Crippen molar-refractivity contribution in [3.05, 3.63) is 0 Å². The van der Waals surface area contributed by atoms with E-state index in [0.29, 0.717) is 5.91 Å². The third-order valence-corrected chi connectivity index (χ3v) is 3.63. The van der Waals surface area contributed by atoms with E-state index in [9.17, 15) is 4.79 Å². The number of piperidine rings is 1. The number of hydrogen-bond acceptors (Lipinski definition) is 2. The topological polar surface area (TPSA) is 32.3 Å². The minimum atomic E-state index is 0.146. The normalized spacial score (nSPS) is 28.6. The van der Waals surface area contributed by atoms with Crippen LogP contribution in [-0.2, 0) is 4.79 Å². The van der Waals surface area contributed by atoms with Crippen molar-refractivity contribution in [3.63, 3.8) is 0 Å². The lowest BCUT2D eigenvalue weighted by atomic mass is 9.93. The first-order chi connectivity index (χ1) is 6.81. The molecule has 2 aliphatic rings. The van der Waals surface area contributed by atoms with Crippen LogP contribution in [0, 0.1) is 5.92 Å². The quantitative estimate of drug-likeness (QED) is 0.714. The Kier molecular flexibility index (Phi) is 3.06. The van der Waals surface area contributed by atoms with E-state index >= 15 is 0 Å². The molecule has 0 radical (unpaired) electrons. The SMILES string of the molecule is CCC1CCN(C(=O)C2CCN2)CC1. The standard InChI is InChI=1S/C11H20N2O/c1-2-9-4-7-13(8-5-9)11(14)10-3-6-12-10/h9-10,12H,2-8H2,1H3. The Bertz CT molecular complexity index is 205. The van der Waals surface area contributed by atoms with E-state index in [1.54, 1.807) is 0 Å². The number of nitrogens with zero attached hydrogens (tertiary/aromatic N) is 1. The summed E-state index contributed by atoms with van der Waals surface area (Å²) in [6.07, 6.45) is 4.71. The van der Waals surface area contributed by atoms with E-state index in [4.69, 9.17) is 0 Å². The zero-order chi connectivity index (χ0) is 9.97. The second kappa shape index (κ2) is 4.30. The maximum absolute atomic E-state index is 11.8. The Morgan fingerprint density at radius 2 is 2.00 bits per heavy atom. The molecule has 1 amide bonds. The van der Waals surface area contributed by atoms with Gasteiger partial charge < -0.3 is 10.2 Å². The number of hydrogen-bond donors (Lipinski definition) is 1. The molecule has 0 aliphatic carbocycles. The Labute approximate surface area is 85.8 Å². The summed E-state index contributed by atoms with van der Waals surface area (Å²) in [6.45, 7) is 5.22. The van der Waals surface area contributed by atoms with Crippen LogP contribution >= 0.6 is 0 Å². The number of carbonyl (C=O) groups is 1. The van der Waals surface area contributed by atoms with Crippen molar-refractivity contribution in [3.8, 4) is 0 Å². The fraction of sp³-hybridized carbons (Fsp3) is 0.909. The highest BCUT2D eigenvalue weighted by Gasteiger charge is 2.30. The zero-order valence-corrected chi connectivity index (χ0v) is 8.96. The average Bonchev–Trinajstić information content (AvgIpc) is 2.15. The highest BCUT2D eigenvalue weighted by molar-refractivity contribution is 5.82. The van der Waals surface area contributed by atoms with Crippen molar-refractivity contribution in [2.75, 3.05) is 19.6 Å². The molecule has 2 fully saturated rings. The van der Waals surface area contributed by atoms with Gasteiger partial charge in [-0.3, -0.25) is 4.79 Å². The van der Waals surface area contributed by atoms with Crippen LogP contribution in [0.1, 0.15) is 32.6 Å². The van der Waals surface area contributed by atoms with Gasteiger partial charge in [0.15, 0.2) is 0 Å². The molecule has 80 valence electrons. The number of amides is 1. The molecular weight excluding hydrogens is 176 g/mol. The second-order valence-corrected chi connectivity index (χ2v) is 4.47. The molecule has 3 nitrogen and oxygen atoms in total. The van der Waals surface area contributed by atoms with Gasteiger partial charge in [0, 0.05) is 13.1 Å². The Hall–Kier alpha value is -0.570. The van der Waals surface area contributed by atoms with E-state index < -0.39 is 0 Å². The first kappa shape index (κ1) is 9.97. The lowest BCUT2D eigenvalue weighted by Crippen LogP contribution is -2.55. The Morgan fingerprint density at radius 1 is 1.36 bits per heavy atom. The van der Waals surface area contributed by atoms with Crippen LogP contribution in [-0.4, -0.2) is 36.5 Å². The predicted molar refractivity (Wildman–Crippen MR) is 56.0 cm³/mol. The smallest absolute Gasteiger partial charge is 0.239 e. The van der Waals surface area contributed by atoms with Gasteiger partial charge in [-0.15, -0.1) is 0 Å². The van der Waals surface area contributed by atoms with Gasteiger partial charge in [-0.25, -0.2) is 0 Å². The van der Waals surface area contributed by atoms with Crippen LogP contribution in [0.15, 0.2) is 0 Å². The van der Waals surface area contributed by atoms with E-state index in [-0.39, 0.29) is 6.04 Å². The van der Waals surface area contributed by atoms with Crippen molar-refractivity contribution in [2.45, 2.75) is 38.6 Å². The van der Waals surface area contributed by atoms with Crippen molar-refractivity contribution in [1.82, 2.24) is 10.2 Å². The first-order valence-corrected chi connectivity index (χ1v) is 5.83. The number of rotatable bonds is 2. The highest BCUT2D eigenvalue weighted by Crippen LogP contribution is 2.21. The van der Waals surface area contributed by atoms with Gasteiger partial charge in [0.2, 0.25) is 5.91 Å². The van der Waals surface area contributed by atoms with Crippen LogP contribution < -0.4 is 5.32 Å². The molecule has 2 aliphatic heterocycles. The summed E-state index contributed by atoms with van der Waals surface area (Å²) < 4.78 is 0. The predicted octanol–water partition coefficient (Wildman–Crippen LogP) is 0.997. The highest BCUT2D eigenvalue weighted by atomic mass is 16.2. The van der Waals surface area contributed by atoms with Crippen LogP contribution in [0.4, 0.5) is 0 Å². The van der Waals surface area contributed by atoms with Crippen molar-refractivity contribution in [2.24, 2.45) is 5.92 Å². The molecule has 0 bridgehead atoms. The minimum absolute atomic E-state index is 0.146. The maximum atomic E-state index is 11.8. The van der Waals surface area contributed by atoms with E-state index in [0.717, 1.165) is 32.0 Å². The summed E-state index contributed by atoms with van der Waals surface area (Å²) in [7, 11) is 0. The van der Waals surface area contributed by atoms with E-state index in [2.05, 4.69) is 12.2 Å². The van der Waals surface area contributed by atoms with Crippen molar-refractivity contribution in [1.29, 1.82) is 0 Å². The summed E-state index contributed by atoms with van der Waals surface area (Å²) in [5, 5.41) is 3.18. The molecule has 1 N–H and O–H groups in total. The number of nitrogens with one attached hydrogen (secondary N) is 1. The molecule has 2 heterocycles. The third kappa shape index (κ3) is 1.92. The van der Waals surface area contributed by atoms with Gasteiger partial charge in [0.25, 0.3) is 0 Å². The fourth-order valence-corrected chi connectivity index (χ4v) is 2.28. The molecule has 0 aromatic heterocycles. The minimum Gasteiger partial charge on any atom is -0.341 e. The molecule has 1 unspecified atom stereocenters. The summed E-state index contributed by atoms with van der Waals surface area (Å²) in [5.41, 5.74) is 0. The lowest BCUT2D eigenvalue weighted by molar-refractivity contribution is -0.136. The van der Waals surface area contributed by atoms with Gasteiger partial charge in [-0.05, 0) is 31.7 Å². The van der Waals surface area contributed by atoms with Gasteiger partial charge in [0.05, 0.1) is 6.04 Å². The Balaban J connectivity index is 1.79. The van der Waals surface area contributed by atoms with Crippen LogP contribution in [0.25, 0.3) is 0 Å². The first-order valence-electron chi connectivity index (χ1n) is 5.83. The van der Waals surface area contributed by atoms with E-state index in [1.807, 2.05) is 4.90 Å². The molecule has 0 spiro atoms. The van der Waals surface area contributed by atoms with Gasteiger partial charge >= 0.3 is 0 Å². The van der Waals surface area contributed by atoms with Crippen molar-refractivity contribution < 1.29 is 4.79 Å². The molecule has 1 atom stereocenters. The summed E-state index contributed by atoms with van der Waals surface area (Å²) in [5.74, 6) is 1.19. The maximum Gasteiger partial charge on any atom is 0.239 e. The molecule has 0 aromatic carbocycles. The summed E-state index contributed by atoms with van der Waals surface area (Å²) >= 11 is 0. The zero-order valence-electron chi connectivity index (χ0n) is 8.96. The summed E-state index contributed by atoms with van der Waals surface area (Å²) in [4.78, 5) is 13.9. The number of carbonyl (C=O) groups excluding carboxylic acids is 1. The molecule has 0 saturated carbocycles. The molecular formula is C11H20N2O. The molecule has 14 heavy (non-hydrogen) atoms. The van der Waals surface area contributed by atoms with Crippen LogP contribution in [0.2, 0.25) is 0 Å². The van der Waals surface area contributed by atoms with Crippen LogP contribution in [0.5, 0.6) is 0 Å². The van der Waals surface area contributed by atoms with Crippen molar-refractivity contribution >= 4 is 5.91 Å². The third-order valence-electron chi connectivity index (χ3n) is 3.63. The molecule has 2 rings (SSSR count). The molecule has 0 aromatic rings. The molecule has 3 heteroatoms. The average molecular weight is 196 g/mol. The fourth-order valence-electron chi connectivity index (χ4n) is 2.28. The lowest BCUT2D eigenvalue weighted by Gasteiger charge is -2.36.